The van der Waals surface area contributed by atoms with Crippen molar-refractivity contribution in [2.24, 2.45) is 0 Å². The fourth-order valence-electron chi connectivity index (χ4n) is 4.95. The molecule has 5 heterocycles. The predicted octanol–water partition coefficient (Wildman–Crippen LogP) is 3.73. The van der Waals surface area contributed by atoms with E-state index in [1.807, 2.05) is 24.3 Å². The summed E-state index contributed by atoms with van der Waals surface area (Å²) in [5.41, 5.74) is 3.06. The lowest BCUT2D eigenvalue weighted by atomic mass is 10.1. The molecule has 174 valence electrons. The lowest BCUT2D eigenvalue weighted by molar-refractivity contribution is 0.200. The van der Waals surface area contributed by atoms with Crippen molar-refractivity contribution in [1.29, 1.82) is 0 Å². The number of benzene rings is 1. The molecule has 6 rings (SSSR count). The van der Waals surface area contributed by atoms with Gasteiger partial charge in [-0.05, 0) is 24.1 Å². The highest BCUT2D eigenvalue weighted by Crippen LogP contribution is 2.39. The number of nitrogens with zero attached hydrogens (tertiary/aromatic N) is 5. The van der Waals surface area contributed by atoms with Crippen LogP contribution in [0, 0.1) is 0 Å². The summed E-state index contributed by atoms with van der Waals surface area (Å²) in [6, 6.07) is 16.3. The Morgan fingerprint density at radius 2 is 1.74 bits per heavy atom. The van der Waals surface area contributed by atoms with Crippen molar-refractivity contribution in [1.82, 2.24) is 19.9 Å². The van der Waals surface area contributed by atoms with Crippen molar-refractivity contribution in [2.45, 2.75) is 12.5 Å². The summed E-state index contributed by atoms with van der Waals surface area (Å²) in [5, 5.41) is 3.24. The van der Waals surface area contributed by atoms with Crippen LogP contribution >= 0.6 is 11.3 Å². The number of hydrogen-bond donors (Lipinski definition) is 0. The minimum Gasteiger partial charge on any atom is -0.353 e. The second-order valence-electron chi connectivity index (χ2n) is 8.86. The zero-order chi connectivity index (χ0) is 23.1. The van der Waals surface area contributed by atoms with Crippen molar-refractivity contribution in [3.63, 3.8) is 0 Å². The van der Waals surface area contributed by atoms with Gasteiger partial charge in [-0.15, -0.1) is 11.3 Å². The van der Waals surface area contributed by atoms with Crippen LogP contribution in [0.1, 0.15) is 6.42 Å². The summed E-state index contributed by atoms with van der Waals surface area (Å²) >= 11 is 1.63. The Bertz CT molecular complexity index is 1420. The summed E-state index contributed by atoms with van der Waals surface area (Å²) in [6.45, 7) is 3.26. The number of rotatable bonds is 4. The van der Waals surface area contributed by atoms with E-state index in [-0.39, 0.29) is 11.8 Å². The third kappa shape index (κ3) is 4.08. The number of thiophene rings is 1. The van der Waals surface area contributed by atoms with Crippen LogP contribution in [0.5, 0.6) is 0 Å². The first kappa shape index (κ1) is 21.6. The molecule has 0 saturated carbocycles. The molecule has 2 aliphatic rings. The van der Waals surface area contributed by atoms with Crippen LogP contribution in [0.3, 0.4) is 0 Å². The van der Waals surface area contributed by atoms with Crippen molar-refractivity contribution < 1.29 is 8.42 Å². The molecule has 2 fully saturated rings. The highest BCUT2D eigenvalue weighted by molar-refractivity contribution is 7.91. The average Bonchev–Trinajstić information content (AvgIpc) is 3.47. The SMILES string of the molecule is O=S1(=O)CC[C@H](N2CCN(c3nc(-c4ccccn4)nc4scc(-c5ccccc5)c34)CC2)C1. The fourth-order valence-corrected chi connectivity index (χ4v) is 7.66. The number of anilines is 1. The van der Waals surface area contributed by atoms with Crippen LogP contribution in [0.15, 0.2) is 60.1 Å². The summed E-state index contributed by atoms with van der Waals surface area (Å²) in [6.07, 6.45) is 2.51. The van der Waals surface area contributed by atoms with Gasteiger partial charge in [0.05, 0.1) is 16.9 Å². The molecule has 0 N–H and O–H groups in total. The number of pyridine rings is 1. The molecule has 0 spiro atoms. The van der Waals surface area contributed by atoms with Gasteiger partial charge in [-0.1, -0.05) is 36.4 Å². The monoisotopic (exact) mass is 491 g/mol. The Morgan fingerprint density at radius 1 is 0.941 bits per heavy atom. The normalized spacial score (nSPS) is 20.7. The van der Waals surface area contributed by atoms with Crippen LogP contribution < -0.4 is 4.90 Å². The minimum absolute atomic E-state index is 0.141. The first-order chi connectivity index (χ1) is 16.6. The fraction of sp³-hybridized carbons (Fsp3) is 0.320. The van der Waals surface area contributed by atoms with Crippen LogP contribution in [-0.2, 0) is 9.84 Å². The zero-order valence-electron chi connectivity index (χ0n) is 18.7. The number of fused-ring (bicyclic) bond motifs is 1. The largest absolute Gasteiger partial charge is 0.353 e. The van der Waals surface area contributed by atoms with Crippen molar-refractivity contribution in [3.8, 4) is 22.6 Å². The Kier molecular flexibility index (Phi) is 5.55. The third-order valence-electron chi connectivity index (χ3n) is 6.73. The summed E-state index contributed by atoms with van der Waals surface area (Å²) < 4.78 is 23.9. The molecular weight excluding hydrogens is 466 g/mol. The van der Waals surface area contributed by atoms with Crippen LogP contribution in [0.4, 0.5) is 5.82 Å². The quantitative estimate of drug-likeness (QED) is 0.430. The summed E-state index contributed by atoms with van der Waals surface area (Å²) in [7, 11) is -2.89. The highest BCUT2D eigenvalue weighted by Gasteiger charge is 2.34. The molecule has 2 saturated heterocycles. The Balaban J connectivity index is 1.38. The van der Waals surface area contributed by atoms with E-state index in [9.17, 15) is 8.42 Å². The Hall–Kier alpha value is -2.88. The maximum atomic E-state index is 12.0. The predicted molar refractivity (Wildman–Crippen MR) is 137 cm³/mol. The maximum absolute atomic E-state index is 12.0. The highest BCUT2D eigenvalue weighted by atomic mass is 32.2. The van der Waals surface area contributed by atoms with Gasteiger partial charge in [0.2, 0.25) is 0 Å². The van der Waals surface area contributed by atoms with E-state index in [0.717, 1.165) is 65.5 Å². The standard InChI is InChI=1S/C25H25N5O2S2/c31-34(32)15-9-19(17-34)29-11-13-30(14-12-29)24-22-20(18-6-2-1-3-7-18)16-33-25(22)28-23(27-24)21-8-4-5-10-26-21/h1-8,10,16,19H,9,11-15,17H2/t19-/m0/s1. The van der Waals surface area contributed by atoms with Gasteiger partial charge in [0.15, 0.2) is 15.7 Å². The molecule has 7 nitrogen and oxygen atoms in total. The summed E-state index contributed by atoms with van der Waals surface area (Å²) in [4.78, 5) is 20.0. The average molecular weight is 492 g/mol. The van der Waals surface area contributed by atoms with Crippen LogP contribution in [0.25, 0.3) is 32.9 Å². The van der Waals surface area contributed by atoms with Gasteiger partial charge >= 0.3 is 0 Å². The maximum Gasteiger partial charge on any atom is 0.181 e. The molecule has 2 aliphatic heterocycles. The molecule has 0 aliphatic carbocycles. The van der Waals surface area contributed by atoms with Crippen LogP contribution in [-0.4, -0.2) is 72.0 Å². The van der Waals surface area contributed by atoms with Crippen molar-refractivity contribution in [2.75, 3.05) is 42.6 Å². The zero-order valence-corrected chi connectivity index (χ0v) is 20.3. The first-order valence-electron chi connectivity index (χ1n) is 11.5. The van der Waals surface area contributed by atoms with Gasteiger partial charge in [-0.3, -0.25) is 9.88 Å². The number of hydrogen-bond acceptors (Lipinski definition) is 8. The van der Waals surface area contributed by atoms with Gasteiger partial charge in [0.1, 0.15) is 16.3 Å². The van der Waals surface area contributed by atoms with Gasteiger partial charge in [0, 0.05) is 49.4 Å². The Labute approximate surface area is 203 Å². The molecule has 1 atom stereocenters. The number of piperazine rings is 1. The second kappa shape index (κ2) is 8.72. The molecule has 34 heavy (non-hydrogen) atoms. The topological polar surface area (TPSA) is 79.3 Å². The lowest BCUT2D eigenvalue weighted by Gasteiger charge is -2.38. The van der Waals surface area contributed by atoms with Crippen molar-refractivity contribution in [3.05, 3.63) is 60.1 Å². The van der Waals surface area contributed by atoms with E-state index in [2.05, 4.69) is 44.4 Å². The molecule has 3 aromatic heterocycles. The molecule has 1 aromatic carbocycles. The third-order valence-corrected chi connectivity index (χ3v) is 9.35. The lowest BCUT2D eigenvalue weighted by Crippen LogP contribution is -2.51. The van der Waals surface area contributed by atoms with E-state index in [1.165, 1.54) is 0 Å². The minimum atomic E-state index is -2.89. The number of sulfone groups is 1. The van der Waals surface area contributed by atoms with Gasteiger partial charge < -0.3 is 4.90 Å². The molecule has 0 bridgehead atoms. The smallest absolute Gasteiger partial charge is 0.181 e. The van der Waals surface area contributed by atoms with E-state index in [1.54, 1.807) is 17.5 Å². The second-order valence-corrected chi connectivity index (χ2v) is 11.9. The van der Waals surface area contributed by atoms with E-state index in [4.69, 9.17) is 9.97 Å². The van der Waals surface area contributed by atoms with Crippen molar-refractivity contribution >= 4 is 37.2 Å². The number of aromatic nitrogens is 3. The van der Waals surface area contributed by atoms with Gasteiger partial charge in [-0.2, -0.15) is 0 Å². The van der Waals surface area contributed by atoms with E-state index in [0.29, 0.717) is 11.6 Å². The molecular formula is C25H25N5O2S2. The van der Waals surface area contributed by atoms with E-state index >= 15 is 0 Å². The first-order valence-corrected chi connectivity index (χ1v) is 14.2. The van der Waals surface area contributed by atoms with Crippen LogP contribution in [0.2, 0.25) is 0 Å². The molecule has 4 aromatic rings. The van der Waals surface area contributed by atoms with Gasteiger partial charge in [-0.25, -0.2) is 18.4 Å². The Morgan fingerprint density at radius 3 is 2.44 bits per heavy atom. The van der Waals surface area contributed by atoms with Gasteiger partial charge in [0.25, 0.3) is 0 Å². The van der Waals surface area contributed by atoms with E-state index < -0.39 is 9.84 Å². The molecule has 0 amide bonds. The molecule has 9 heteroatoms. The molecule has 0 radical (unpaired) electrons. The molecule has 0 unspecified atom stereocenters. The summed E-state index contributed by atoms with van der Waals surface area (Å²) in [5.74, 6) is 2.17.